The van der Waals surface area contributed by atoms with Crippen LogP contribution in [0.4, 0.5) is 0 Å². The fourth-order valence-corrected chi connectivity index (χ4v) is 2.15. The Hall–Kier alpha value is -0.930. The van der Waals surface area contributed by atoms with Crippen LogP contribution in [0.5, 0.6) is 11.5 Å². The van der Waals surface area contributed by atoms with Crippen molar-refractivity contribution in [3.8, 4) is 11.5 Å². The van der Waals surface area contributed by atoms with Crippen molar-refractivity contribution in [3.05, 3.63) is 23.3 Å². The van der Waals surface area contributed by atoms with Crippen LogP contribution in [0, 0.1) is 0 Å². The zero-order valence-electron chi connectivity index (χ0n) is 9.44. The minimum absolute atomic E-state index is 0. The van der Waals surface area contributed by atoms with Crippen LogP contribution < -0.4 is 0 Å². The Morgan fingerprint density at radius 1 is 1.19 bits per heavy atom. The fraction of sp³-hybridized carbons (Fsp3) is 0.500. The lowest BCUT2D eigenvalue weighted by Crippen LogP contribution is -2.30. The van der Waals surface area contributed by atoms with Crippen molar-refractivity contribution in [2.24, 2.45) is 0 Å². The second-order valence-electron chi connectivity index (χ2n) is 4.14. The molecule has 0 aromatic heterocycles. The van der Waals surface area contributed by atoms with Gasteiger partial charge in [-0.3, -0.25) is 4.90 Å². The van der Waals surface area contributed by atoms with E-state index in [1.807, 2.05) is 0 Å². The largest absolute Gasteiger partial charge is 0.504 e. The minimum Gasteiger partial charge on any atom is -0.504 e. The van der Waals surface area contributed by atoms with Gasteiger partial charge in [-0.05, 0) is 42.6 Å². The van der Waals surface area contributed by atoms with Crippen LogP contribution >= 0.6 is 12.4 Å². The van der Waals surface area contributed by atoms with E-state index in [1.54, 1.807) is 12.1 Å². The van der Waals surface area contributed by atoms with E-state index in [1.165, 1.54) is 0 Å². The van der Waals surface area contributed by atoms with E-state index in [0.29, 0.717) is 0 Å². The molecule has 1 heterocycles. The summed E-state index contributed by atoms with van der Waals surface area (Å²) in [7, 11) is 0. The third kappa shape index (κ3) is 2.60. The van der Waals surface area contributed by atoms with Crippen LogP contribution in [0.1, 0.15) is 24.5 Å². The topological polar surface area (TPSA) is 43.7 Å². The molecule has 1 aromatic carbocycles. The first-order chi connectivity index (χ1) is 7.20. The maximum absolute atomic E-state index is 9.42. The minimum atomic E-state index is -0.00732. The Labute approximate surface area is 102 Å². The molecular weight excluding hydrogens is 226 g/mol. The molecule has 0 fully saturated rings. The van der Waals surface area contributed by atoms with Gasteiger partial charge in [0.1, 0.15) is 0 Å². The maximum Gasteiger partial charge on any atom is 0.157 e. The molecule has 2 rings (SSSR count). The molecule has 1 aromatic rings. The molecule has 2 N–H and O–H groups in total. The van der Waals surface area contributed by atoms with Crippen LogP contribution in [0.15, 0.2) is 12.1 Å². The van der Waals surface area contributed by atoms with E-state index in [-0.39, 0.29) is 23.9 Å². The first-order valence-electron chi connectivity index (χ1n) is 5.46. The predicted octanol–water partition coefficient (Wildman–Crippen LogP) is 2.29. The van der Waals surface area contributed by atoms with Gasteiger partial charge in [0.05, 0.1) is 0 Å². The van der Waals surface area contributed by atoms with Crippen LogP contribution in [0.25, 0.3) is 0 Å². The van der Waals surface area contributed by atoms with Crippen LogP contribution in [0.3, 0.4) is 0 Å². The molecular formula is C12H18ClNO2. The van der Waals surface area contributed by atoms with E-state index in [4.69, 9.17) is 0 Å². The summed E-state index contributed by atoms with van der Waals surface area (Å²) in [5.74, 6) is -0.00945. The van der Waals surface area contributed by atoms with Gasteiger partial charge in [0, 0.05) is 13.1 Å². The lowest BCUT2D eigenvalue weighted by Gasteiger charge is -2.28. The number of hydrogen-bond donors (Lipinski definition) is 2. The Kier molecular flexibility index (Phi) is 4.44. The van der Waals surface area contributed by atoms with E-state index in [9.17, 15) is 10.2 Å². The first kappa shape index (κ1) is 13.1. The Morgan fingerprint density at radius 2 is 1.81 bits per heavy atom. The molecule has 0 spiro atoms. The highest BCUT2D eigenvalue weighted by Crippen LogP contribution is 2.31. The molecule has 0 saturated carbocycles. The van der Waals surface area contributed by atoms with Gasteiger partial charge in [0.15, 0.2) is 11.5 Å². The molecule has 3 nitrogen and oxygen atoms in total. The van der Waals surface area contributed by atoms with E-state index < -0.39 is 0 Å². The quantitative estimate of drug-likeness (QED) is 0.784. The summed E-state index contributed by atoms with van der Waals surface area (Å²) in [6.45, 7) is 5.20. The summed E-state index contributed by atoms with van der Waals surface area (Å²) in [5, 5.41) is 18.8. The van der Waals surface area contributed by atoms with E-state index in [2.05, 4.69) is 11.8 Å². The summed E-state index contributed by atoms with van der Waals surface area (Å²) >= 11 is 0. The van der Waals surface area contributed by atoms with Gasteiger partial charge in [0.2, 0.25) is 0 Å². The maximum atomic E-state index is 9.42. The Morgan fingerprint density at radius 3 is 2.44 bits per heavy atom. The molecule has 1 aliphatic heterocycles. The highest BCUT2D eigenvalue weighted by atomic mass is 35.5. The van der Waals surface area contributed by atoms with Crippen molar-refractivity contribution in [1.29, 1.82) is 0 Å². The summed E-state index contributed by atoms with van der Waals surface area (Å²) in [5.41, 5.74) is 2.31. The van der Waals surface area contributed by atoms with Crippen molar-refractivity contribution >= 4 is 12.4 Å². The summed E-state index contributed by atoms with van der Waals surface area (Å²) in [4.78, 5) is 2.37. The average molecular weight is 244 g/mol. The van der Waals surface area contributed by atoms with Gasteiger partial charge < -0.3 is 10.2 Å². The van der Waals surface area contributed by atoms with Crippen LogP contribution in [-0.2, 0) is 13.0 Å². The second-order valence-corrected chi connectivity index (χ2v) is 4.14. The number of phenolic OH excluding ortho intramolecular Hbond substituents is 2. The monoisotopic (exact) mass is 243 g/mol. The number of halogens is 1. The van der Waals surface area contributed by atoms with Crippen LogP contribution in [-0.4, -0.2) is 28.2 Å². The third-order valence-electron chi connectivity index (χ3n) is 2.93. The molecule has 16 heavy (non-hydrogen) atoms. The van der Waals surface area contributed by atoms with Crippen molar-refractivity contribution in [3.63, 3.8) is 0 Å². The first-order valence-corrected chi connectivity index (χ1v) is 5.46. The molecule has 90 valence electrons. The van der Waals surface area contributed by atoms with Gasteiger partial charge in [0.25, 0.3) is 0 Å². The van der Waals surface area contributed by atoms with Crippen molar-refractivity contribution in [2.45, 2.75) is 26.3 Å². The lowest BCUT2D eigenvalue weighted by atomic mass is 9.99. The Balaban J connectivity index is 0.00000128. The lowest BCUT2D eigenvalue weighted by molar-refractivity contribution is 0.253. The smallest absolute Gasteiger partial charge is 0.157 e. The number of benzene rings is 1. The highest BCUT2D eigenvalue weighted by Gasteiger charge is 2.17. The Bertz CT molecular complexity index is 368. The van der Waals surface area contributed by atoms with E-state index >= 15 is 0 Å². The summed E-state index contributed by atoms with van der Waals surface area (Å²) in [6.07, 6.45) is 2.11. The molecule has 0 saturated heterocycles. The molecule has 4 heteroatoms. The number of hydrogen-bond acceptors (Lipinski definition) is 3. The fourth-order valence-electron chi connectivity index (χ4n) is 2.15. The average Bonchev–Trinajstić information content (AvgIpc) is 2.21. The number of nitrogens with zero attached hydrogens (tertiary/aromatic N) is 1. The van der Waals surface area contributed by atoms with Gasteiger partial charge in [-0.15, -0.1) is 12.4 Å². The van der Waals surface area contributed by atoms with Crippen molar-refractivity contribution in [2.75, 3.05) is 13.1 Å². The molecule has 0 aliphatic carbocycles. The molecule has 0 bridgehead atoms. The summed E-state index contributed by atoms with van der Waals surface area (Å²) < 4.78 is 0. The molecule has 1 aliphatic rings. The SMILES string of the molecule is CCCN1CCc2cc(O)c(O)cc2C1.Cl. The van der Waals surface area contributed by atoms with E-state index in [0.717, 1.165) is 43.6 Å². The predicted molar refractivity (Wildman–Crippen MR) is 66.3 cm³/mol. The zero-order valence-corrected chi connectivity index (χ0v) is 10.3. The normalized spacial score (nSPS) is 15.3. The number of fused-ring (bicyclic) bond motifs is 1. The third-order valence-corrected chi connectivity index (χ3v) is 2.93. The highest BCUT2D eigenvalue weighted by molar-refractivity contribution is 5.85. The standard InChI is InChI=1S/C12H17NO2.ClH/c1-2-4-13-5-3-9-6-11(14)12(15)7-10(9)8-13;/h6-7,14-15H,2-5,8H2,1H3;1H. The zero-order chi connectivity index (χ0) is 10.8. The molecule has 0 atom stereocenters. The van der Waals surface area contributed by atoms with Crippen molar-refractivity contribution < 1.29 is 10.2 Å². The van der Waals surface area contributed by atoms with Gasteiger partial charge >= 0.3 is 0 Å². The number of phenols is 2. The summed E-state index contributed by atoms with van der Waals surface area (Å²) in [6, 6.07) is 3.38. The number of aromatic hydroxyl groups is 2. The van der Waals surface area contributed by atoms with Crippen molar-refractivity contribution in [1.82, 2.24) is 4.90 Å². The van der Waals surface area contributed by atoms with Gasteiger partial charge in [-0.2, -0.15) is 0 Å². The van der Waals surface area contributed by atoms with Gasteiger partial charge in [-0.1, -0.05) is 6.92 Å². The second kappa shape index (κ2) is 5.41. The van der Waals surface area contributed by atoms with Crippen LogP contribution in [0.2, 0.25) is 0 Å². The molecule has 0 amide bonds. The molecule has 0 unspecified atom stereocenters. The number of rotatable bonds is 2. The van der Waals surface area contributed by atoms with Gasteiger partial charge in [-0.25, -0.2) is 0 Å². The molecule has 0 radical (unpaired) electrons.